The number of carbonyl (C=O) groups excluding carboxylic acids is 4. The highest BCUT2D eigenvalue weighted by atomic mass is 32.2. The summed E-state index contributed by atoms with van der Waals surface area (Å²) in [5, 5.41) is 15.7. The molecule has 0 aliphatic carbocycles. The number of amides is 4. The molecule has 26 nitrogen and oxygen atoms in total. The van der Waals surface area contributed by atoms with Gasteiger partial charge in [-0.25, -0.2) is 71.4 Å². The van der Waals surface area contributed by atoms with Crippen LogP contribution in [0.25, 0.3) is 20.4 Å². The summed E-state index contributed by atoms with van der Waals surface area (Å²) in [4.78, 5) is 84.3. The van der Waals surface area contributed by atoms with Crippen molar-refractivity contribution in [1.29, 1.82) is 0 Å². The molecule has 93 heavy (non-hydrogen) atoms. The van der Waals surface area contributed by atoms with E-state index in [4.69, 9.17) is 31.8 Å². The minimum Gasteiger partial charge on any atom is -0.497 e. The summed E-state index contributed by atoms with van der Waals surface area (Å²) < 4.78 is 63.2. The van der Waals surface area contributed by atoms with Gasteiger partial charge in [0.1, 0.15) is 28.8 Å². The maximum Gasteiger partial charge on any atom is 0.407 e. The molecule has 5 aromatic heterocycles. The lowest BCUT2D eigenvalue weighted by Crippen LogP contribution is -2.36. The van der Waals surface area contributed by atoms with Crippen molar-refractivity contribution in [2.75, 3.05) is 56.1 Å². The SMILES string of the molecule is COc1ccc(CNS(=O)(=O)c2ccc3nc(NCC(CCc4ncc(SC)cn4)CC(N)=O)sc3c2)cc1.CSc1cnc(CCC(CNC(=O)OC(C)(C)C)CC(N)=O)nc1.CSc1cnc(CCC(CNc2nc3ccc(S(N)(=O)=O)cc3s2)CC(N)=O)nc1. The standard InChI is InChI=1S/C26H30N6O4S3.C18H22N6O3S3.C16H26N4O3S/c1-36-19-6-3-17(4-7-19)14-31-39(34,35)21-8-9-22-23(12-21)38-26(32-22)30-13-18(11-24(27)33)5-10-25-28-15-20(37-2)16-29-25;1-28-12-9-21-17(22-10-12)5-2-11(6-16(19)25)8-23-18-24-14-4-3-13(30(20,26)27)7-15(14)29-18;1-16(2,3)23-15(22)20-8-11(7-13(17)21)5-6-14-18-9-12(24-4)10-19-14/h3-4,6-9,12,15-16,18,31H,5,10-11,13-14H2,1-2H3,(H2,27,33)(H,30,32);3-4,7,9-11H,2,5-6,8H2,1H3,(H2,19,25)(H,23,24)(H2,20,26,27);9-11H,5-8H2,1-4H3,(H2,17,21)(H,20,22). The third kappa shape index (κ3) is 26.5. The van der Waals surface area contributed by atoms with Crippen LogP contribution in [0.15, 0.2) is 122 Å². The number of aryl methyl sites for hydroxylation is 3. The zero-order valence-electron chi connectivity index (χ0n) is 52.5. The van der Waals surface area contributed by atoms with Crippen LogP contribution in [0.3, 0.4) is 0 Å². The first kappa shape index (κ1) is 74.7. The Hall–Kier alpha value is -7.37. The van der Waals surface area contributed by atoms with Crippen LogP contribution in [0.1, 0.15) is 82.3 Å². The number of benzene rings is 3. The minimum atomic E-state index is -3.77. The number of anilines is 2. The van der Waals surface area contributed by atoms with Gasteiger partial charge in [-0.2, -0.15) is 0 Å². The highest BCUT2D eigenvalue weighted by Gasteiger charge is 2.22. The van der Waals surface area contributed by atoms with E-state index in [0.29, 0.717) is 95.7 Å². The number of nitrogens with one attached hydrogen (secondary N) is 4. The molecule has 5 heterocycles. The number of thiazole rings is 2. The summed E-state index contributed by atoms with van der Waals surface area (Å²) in [6, 6.07) is 16.6. The predicted molar refractivity (Wildman–Crippen MR) is 367 cm³/mol. The van der Waals surface area contributed by atoms with Gasteiger partial charge in [0, 0.05) is 117 Å². The van der Waals surface area contributed by atoms with Gasteiger partial charge >= 0.3 is 6.09 Å². The lowest BCUT2D eigenvalue weighted by molar-refractivity contribution is -0.119. The van der Waals surface area contributed by atoms with Gasteiger partial charge < -0.3 is 42.6 Å². The van der Waals surface area contributed by atoms with Gasteiger partial charge in [0.25, 0.3) is 0 Å². The molecule has 0 fully saturated rings. The van der Waals surface area contributed by atoms with Crippen LogP contribution in [-0.2, 0) is 65.0 Å². The highest BCUT2D eigenvalue weighted by Crippen LogP contribution is 2.31. The molecule has 12 N–H and O–H groups in total. The van der Waals surface area contributed by atoms with Crippen LogP contribution in [0.5, 0.6) is 5.75 Å². The number of alkyl carbamates (subject to hydrolysis) is 1. The van der Waals surface area contributed by atoms with Crippen molar-refractivity contribution in [3.8, 4) is 5.75 Å². The Morgan fingerprint density at radius 1 is 0.570 bits per heavy atom. The highest BCUT2D eigenvalue weighted by molar-refractivity contribution is 7.99. The summed E-state index contributed by atoms with van der Waals surface area (Å²) in [6.45, 7) is 6.84. The zero-order chi connectivity index (χ0) is 67.7. The largest absolute Gasteiger partial charge is 0.497 e. The van der Waals surface area contributed by atoms with E-state index < -0.39 is 37.6 Å². The number of primary amides is 3. The Bertz CT molecular complexity index is 3960. The maximum absolute atomic E-state index is 12.9. The summed E-state index contributed by atoms with van der Waals surface area (Å²) in [5.74, 6) is 1.58. The molecule has 33 heteroatoms. The van der Waals surface area contributed by atoms with Crippen LogP contribution in [0.4, 0.5) is 15.1 Å². The Morgan fingerprint density at radius 3 is 1.32 bits per heavy atom. The predicted octanol–water partition coefficient (Wildman–Crippen LogP) is 7.97. The number of ether oxygens (including phenoxy) is 2. The smallest absolute Gasteiger partial charge is 0.407 e. The number of sulfonamides is 2. The second-order valence-corrected chi connectivity index (χ2v) is 30.0. The van der Waals surface area contributed by atoms with Crippen LogP contribution in [0.2, 0.25) is 0 Å². The zero-order valence-corrected chi connectivity index (χ0v) is 58.2. The van der Waals surface area contributed by atoms with E-state index in [2.05, 4.69) is 60.5 Å². The van der Waals surface area contributed by atoms with E-state index in [-0.39, 0.29) is 65.2 Å². The number of carbonyl (C=O) groups is 4. The number of fused-ring (bicyclic) bond motifs is 2. The molecule has 3 atom stereocenters. The van der Waals surface area contributed by atoms with Gasteiger partial charge in [0.2, 0.25) is 37.8 Å². The second-order valence-electron chi connectivity index (χ2n) is 22.0. The molecule has 0 radical (unpaired) electrons. The fourth-order valence-electron chi connectivity index (χ4n) is 8.73. The van der Waals surface area contributed by atoms with E-state index in [1.807, 2.05) is 30.9 Å². The van der Waals surface area contributed by atoms with Crippen LogP contribution >= 0.6 is 58.0 Å². The number of hydrogen-bond donors (Lipinski definition) is 8. The molecule has 500 valence electrons. The summed E-state index contributed by atoms with van der Waals surface area (Å²) in [7, 11) is -5.91. The summed E-state index contributed by atoms with van der Waals surface area (Å²) in [5.41, 5.74) is 17.8. The third-order valence-corrected chi connectivity index (χ3v) is 19.9. The van der Waals surface area contributed by atoms with Gasteiger partial charge in [-0.3, -0.25) is 14.4 Å². The Balaban J connectivity index is 0.000000229. The van der Waals surface area contributed by atoms with E-state index in [1.54, 1.807) is 137 Å². The summed E-state index contributed by atoms with van der Waals surface area (Å²) >= 11 is 7.41. The average Bonchev–Trinajstić information content (AvgIpc) is 1.76. The van der Waals surface area contributed by atoms with Crippen molar-refractivity contribution < 1.29 is 45.5 Å². The van der Waals surface area contributed by atoms with E-state index >= 15 is 0 Å². The molecular weight excluding hydrogens is 1330 g/mol. The molecule has 4 amide bonds. The Kier molecular flexibility index (Phi) is 29.2. The Morgan fingerprint density at radius 2 is 0.957 bits per heavy atom. The molecule has 3 aromatic carbocycles. The monoisotopic (exact) mass is 1410 g/mol. The first-order chi connectivity index (χ1) is 44.2. The van der Waals surface area contributed by atoms with Gasteiger partial charge in [0.05, 0.1) is 37.3 Å². The number of nitrogens with two attached hydrogens (primary N) is 4. The number of methoxy groups -OCH3 is 1. The molecule has 8 aromatic rings. The quantitative estimate of drug-likeness (QED) is 0.0185. The number of aromatic nitrogens is 8. The number of primary sulfonamides is 1. The second kappa shape index (κ2) is 36.3. The van der Waals surface area contributed by atoms with Gasteiger partial charge in [-0.1, -0.05) is 34.8 Å². The van der Waals surface area contributed by atoms with E-state index in [9.17, 15) is 36.0 Å². The maximum atomic E-state index is 12.9. The first-order valence-corrected chi connectivity index (χ1v) is 37.3. The number of hydrogen-bond acceptors (Lipinski definition) is 25. The molecule has 0 bridgehead atoms. The van der Waals surface area contributed by atoms with Crippen molar-refractivity contribution in [1.82, 2.24) is 49.9 Å². The molecule has 3 unspecified atom stereocenters. The molecule has 0 saturated heterocycles. The summed E-state index contributed by atoms with van der Waals surface area (Å²) in [6.07, 6.45) is 20.6. The number of nitrogens with zero attached hydrogens (tertiary/aromatic N) is 8. The normalized spacial score (nSPS) is 12.5. The van der Waals surface area contributed by atoms with Gasteiger partial charge in [-0.15, -0.1) is 35.3 Å². The van der Waals surface area contributed by atoms with Crippen molar-refractivity contribution in [2.24, 2.45) is 40.1 Å². The molecule has 0 spiro atoms. The third-order valence-electron chi connectivity index (χ3n) is 13.6. The number of thioether (sulfide) groups is 3. The van der Waals surface area contributed by atoms with Crippen LogP contribution < -0.4 is 47.7 Å². The Labute approximate surface area is 562 Å². The van der Waals surface area contributed by atoms with Crippen molar-refractivity contribution in [3.05, 3.63) is 121 Å². The van der Waals surface area contributed by atoms with Crippen molar-refractivity contribution in [3.63, 3.8) is 0 Å². The fraction of sp³-hybridized carbons (Fsp3) is 0.400. The molecular formula is C60H78N16O10S7. The van der Waals surface area contributed by atoms with Gasteiger partial charge in [0.15, 0.2) is 10.3 Å². The van der Waals surface area contributed by atoms with Crippen molar-refractivity contribution >= 4 is 133 Å². The number of rotatable bonds is 32. The first-order valence-electron chi connectivity index (χ1n) is 29.0. The van der Waals surface area contributed by atoms with Crippen LogP contribution in [-0.4, -0.2) is 132 Å². The molecule has 8 rings (SSSR count). The van der Waals surface area contributed by atoms with E-state index in [1.165, 1.54) is 34.8 Å². The molecule has 0 aliphatic heterocycles. The molecule has 0 aliphatic rings. The minimum absolute atomic E-state index is 0.0154. The van der Waals surface area contributed by atoms with Crippen LogP contribution in [0, 0.1) is 17.8 Å². The molecule has 0 saturated carbocycles. The topological polar surface area (TPSA) is 410 Å². The van der Waals surface area contributed by atoms with Crippen molar-refractivity contribution in [2.45, 2.75) is 115 Å². The lowest BCUT2D eigenvalue weighted by Gasteiger charge is -2.21. The average molecular weight is 1410 g/mol. The van der Waals surface area contributed by atoms with E-state index in [0.717, 1.165) is 36.6 Å². The lowest BCUT2D eigenvalue weighted by atomic mass is 9.98. The fourth-order valence-corrected chi connectivity index (χ4v) is 13.2. The van der Waals surface area contributed by atoms with Gasteiger partial charge in [-0.05, 0) is 131 Å².